The zero-order valence-electron chi connectivity index (χ0n) is 6.69. The molecule has 0 fully saturated rings. The van der Waals surface area contributed by atoms with Crippen LogP contribution in [0.5, 0.6) is 0 Å². The summed E-state index contributed by atoms with van der Waals surface area (Å²) >= 11 is 5.64. The van der Waals surface area contributed by atoms with Gasteiger partial charge >= 0.3 is 0 Å². The van der Waals surface area contributed by atoms with Gasteiger partial charge in [-0.15, -0.1) is 11.6 Å². The molecule has 1 rings (SSSR count). The second-order valence-electron chi connectivity index (χ2n) is 2.47. The van der Waals surface area contributed by atoms with Gasteiger partial charge in [0.05, 0.1) is 11.1 Å². The fraction of sp³-hybridized carbons (Fsp3) is 0.429. The minimum Gasteiger partial charge on any atom is -0.307 e. The Bertz CT molecular complexity index is 348. The van der Waals surface area contributed by atoms with Crippen LogP contribution in [-0.2, 0) is 0 Å². The van der Waals surface area contributed by atoms with Gasteiger partial charge in [0.25, 0.3) is 5.56 Å². The average molecular weight is 191 g/mol. The second-order valence-corrected chi connectivity index (χ2v) is 3.12. The van der Waals surface area contributed by atoms with Crippen molar-refractivity contribution in [1.29, 1.82) is 0 Å². The van der Waals surface area contributed by atoms with Crippen LogP contribution in [0.25, 0.3) is 0 Å². The maximum absolute atomic E-state index is 12.7. The van der Waals surface area contributed by atoms with Gasteiger partial charge in [0.2, 0.25) is 5.82 Å². The first-order chi connectivity index (χ1) is 5.52. The number of nitrogens with zero attached hydrogens (tertiary/aromatic N) is 1. The lowest BCUT2D eigenvalue weighted by molar-refractivity contribution is 0.581. The Morgan fingerprint density at radius 2 is 2.25 bits per heavy atom. The van der Waals surface area contributed by atoms with Gasteiger partial charge in [0.15, 0.2) is 0 Å². The van der Waals surface area contributed by atoms with Gasteiger partial charge in [-0.25, -0.2) is 4.98 Å². The number of hydrogen-bond acceptors (Lipinski definition) is 2. The van der Waals surface area contributed by atoms with Crippen molar-refractivity contribution < 1.29 is 4.39 Å². The van der Waals surface area contributed by atoms with Crippen LogP contribution in [0.15, 0.2) is 4.79 Å². The molecule has 0 aliphatic carbocycles. The molecule has 0 saturated heterocycles. The molecule has 0 aliphatic heterocycles. The molecule has 0 aromatic carbocycles. The van der Waals surface area contributed by atoms with E-state index in [0.29, 0.717) is 5.82 Å². The van der Waals surface area contributed by atoms with Crippen LogP contribution in [0, 0.1) is 12.7 Å². The Hall–Kier alpha value is -0.900. The van der Waals surface area contributed by atoms with Crippen molar-refractivity contribution in [2.24, 2.45) is 0 Å². The van der Waals surface area contributed by atoms with Gasteiger partial charge in [-0.2, -0.15) is 4.39 Å². The summed E-state index contributed by atoms with van der Waals surface area (Å²) in [7, 11) is 0. The van der Waals surface area contributed by atoms with Gasteiger partial charge in [0, 0.05) is 0 Å². The molecule has 0 amide bonds. The molecule has 5 heteroatoms. The molecule has 0 saturated carbocycles. The molecule has 66 valence electrons. The third-order valence-electron chi connectivity index (χ3n) is 1.42. The quantitative estimate of drug-likeness (QED) is 0.683. The number of aromatic nitrogens is 2. The number of hydrogen-bond donors (Lipinski definition) is 1. The lowest BCUT2D eigenvalue weighted by Gasteiger charge is -2.02. The molecule has 3 nitrogen and oxygen atoms in total. The highest BCUT2D eigenvalue weighted by Crippen LogP contribution is 2.13. The molecule has 1 aromatic rings. The van der Waals surface area contributed by atoms with Gasteiger partial charge < -0.3 is 4.98 Å². The molecule has 0 radical (unpaired) electrons. The van der Waals surface area contributed by atoms with E-state index < -0.39 is 16.8 Å². The molecule has 0 bridgehead atoms. The summed E-state index contributed by atoms with van der Waals surface area (Å²) in [5.74, 6) is -0.559. The first-order valence-corrected chi connectivity index (χ1v) is 3.86. The number of nitrogens with one attached hydrogen (secondary N) is 1. The van der Waals surface area contributed by atoms with Crippen LogP contribution >= 0.6 is 11.6 Å². The molecule has 12 heavy (non-hydrogen) atoms. The highest BCUT2D eigenvalue weighted by atomic mass is 35.5. The predicted octanol–water partition coefficient (Wildman–Crippen LogP) is 1.52. The molecule has 1 aromatic heterocycles. The summed E-state index contributed by atoms with van der Waals surface area (Å²) in [6.07, 6.45) is 0. The standard InChI is InChI=1S/C7H8ClFN2O/c1-3(8)6-10-4(2)5(9)7(12)11-6/h3H,1-2H3,(H,10,11,12). The van der Waals surface area contributed by atoms with Crippen molar-refractivity contribution in [3.63, 3.8) is 0 Å². The lowest BCUT2D eigenvalue weighted by atomic mass is 10.4. The Balaban J connectivity index is 3.31. The monoisotopic (exact) mass is 190 g/mol. The normalized spacial score (nSPS) is 13.0. The highest BCUT2D eigenvalue weighted by Gasteiger charge is 2.09. The van der Waals surface area contributed by atoms with Gasteiger partial charge in [0.1, 0.15) is 5.82 Å². The Morgan fingerprint density at radius 3 is 2.67 bits per heavy atom. The number of aryl methyl sites for hydroxylation is 1. The van der Waals surface area contributed by atoms with Gasteiger partial charge in [-0.05, 0) is 13.8 Å². The summed E-state index contributed by atoms with van der Waals surface area (Å²) in [4.78, 5) is 16.8. The summed E-state index contributed by atoms with van der Waals surface area (Å²) in [5.41, 5.74) is -0.703. The molecule has 1 heterocycles. The number of H-pyrrole nitrogens is 1. The van der Waals surface area contributed by atoms with Gasteiger partial charge in [-0.1, -0.05) is 0 Å². The topological polar surface area (TPSA) is 45.8 Å². The summed E-state index contributed by atoms with van der Waals surface area (Å²) in [6, 6.07) is 0. The lowest BCUT2D eigenvalue weighted by Crippen LogP contribution is -2.17. The Morgan fingerprint density at radius 1 is 1.67 bits per heavy atom. The van der Waals surface area contributed by atoms with Crippen molar-refractivity contribution >= 4 is 11.6 Å². The number of alkyl halides is 1. The van der Waals surface area contributed by atoms with E-state index in [1.165, 1.54) is 6.92 Å². The minimum atomic E-state index is -0.851. The molecular formula is C7H8ClFN2O. The maximum Gasteiger partial charge on any atom is 0.287 e. The first kappa shape index (κ1) is 9.19. The number of rotatable bonds is 1. The fourth-order valence-corrected chi connectivity index (χ4v) is 0.885. The molecule has 0 aliphatic rings. The van der Waals surface area contributed by atoms with E-state index in [0.717, 1.165) is 0 Å². The van der Waals surface area contributed by atoms with Crippen molar-refractivity contribution in [1.82, 2.24) is 9.97 Å². The average Bonchev–Trinajstić information content (AvgIpc) is 1.99. The van der Waals surface area contributed by atoms with Crippen LogP contribution in [0.3, 0.4) is 0 Å². The van der Waals surface area contributed by atoms with E-state index in [9.17, 15) is 9.18 Å². The SMILES string of the molecule is Cc1nc(C(C)Cl)[nH]c(=O)c1F. The van der Waals surface area contributed by atoms with E-state index in [-0.39, 0.29) is 5.69 Å². The zero-order chi connectivity index (χ0) is 9.30. The smallest absolute Gasteiger partial charge is 0.287 e. The molecule has 0 spiro atoms. The maximum atomic E-state index is 12.7. The Labute approximate surface area is 73.6 Å². The summed E-state index contributed by atoms with van der Waals surface area (Å²) in [6.45, 7) is 3.07. The van der Waals surface area contributed by atoms with Crippen LogP contribution in [-0.4, -0.2) is 9.97 Å². The molecule has 1 atom stereocenters. The van der Waals surface area contributed by atoms with Crippen molar-refractivity contribution in [3.05, 3.63) is 27.7 Å². The third-order valence-corrected chi connectivity index (χ3v) is 1.63. The van der Waals surface area contributed by atoms with E-state index in [2.05, 4.69) is 9.97 Å². The van der Waals surface area contributed by atoms with Crippen molar-refractivity contribution in [2.75, 3.05) is 0 Å². The van der Waals surface area contributed by atoms with Crippen LogP contribution in [0.4, 0.5) is 4.39 Å². The van der Waals surface area contributed by atoms with Crippen LogP contribution in [0.1, 0.15) is 23.8 Å². The minimum absolute atomic E-state index is 0.0706. The number of halogens is 2. The largest absolute Gasteiger partial charge is 0.307 e. The number of aromatic amines is 1. The van der Waals surface area contributed by atoms with E-state index in [4.69, 9.17) is 11.6 Å². The van der Waals surface area contributed by atoms with Gasteiger partial charge in [-0.3, -0.25) is 4.79 Å². The Kier molecular flexibility index (Phi) is 2.47. The van der Waals surface area contributed by atoms with E-state index in [1.54, 1.807) is 6.92 Å². The third kappa shape index (κ3) is 1.64. The summed E-state index contributed by atoms with van der Waals surface area (Å²) < 4.78 is 12.7. The predicted molar refractivity (Wildman–Crippen MR) is 43.8 cm³/mol. The van der Waals surface area contributed by atoms with E-state index in [1.807, 2.05) is 0 Å². The molecule has 1 unspecified atom stereocenters. The second kappa shape index (κ2) is 3.23. The van der Waals surface area contributed by atoms with Crippen molar-refractivity contribution in [3.8, 4) is 0 Å². The molecular weight excluding hydrogens is 183 g/mol. The molecule has 1 N–H and O–H groups in total. The van der Waals surface area contributed by atoms with Crippen molar-refractivity contribution in [2.45, 2.75) is 19.2 Å². The first-order valence-electron chi connectivity index (χ1n) is 3.42. The summed E-state index contributed by atoms with van der Waals surface area (Å²) in [5, 5.41) is -0.419. The zero-order valence-corrected chi connectivity index (χ0v) is 7.44. The van der Waals surface area contributed by atoms with E-state index >= 15 is 0 Å². The van der Waals surface area contributed by atoms with Crippen LogP contribution in [0.2, 0.25) is 0 Å². The van der Waals surface area contributed by atoms with Crippen LogP contribution < -0.4 is 5.56 Å². The fourth-order valence-electron chi connectivity index (χ4n) is 0.782. The highest BCUT2D eigenvalue weighted by molar-refractivity contribution is 6.20.